The minimum atomic E-state index is -3.36. The predicted molar refractivity (Wildman–Crippen MR) is 76.5 cm³/mol. The Hall–Kier alpha value is -0.620. The van der Waals surface area contributed by atoms with E-state index in [1.54, 1.807) is 12.1 Å². The van der Waals surface area contributed by atoms with E-state index in [0.717, 1.165) is 24.8 Å². The first kappa shape index (κ1) is 17.4. The summed E-state index contributed by atoms with van der Waals surface area (Å²) in [6.07, 6.45) is 2.50. The third kappa shape index (κ3) is 5.35. The summed E-state index contributed by atoms with van der Waals surface area (Å²) in [5.74, 6) is 0. The van der Waals surface area contributed by atoms with Crippen molar-refractivity contribution in [2.75, 3.05) is 13.1 Å². The van der Waals surface area contributed by atoms with Gasteiger partial charge >= 0.3 is 0 Å². The number of hydrogen-bond acceptors (Lipinski definition) is 3. The summed E-state index contributed by atoms with van der Waals surface area (Å²) < 4.78 is 26.3. The lowest BCUT2D eigenvalue weighted by atomic mass is 10.2. The van der Waals surface area contributed by atoms with Gasteiger partial charge in [-0.25, -0.2) is 13.1 Å². The lowest BCUT2D eigenvalue weighted by molar-refractivity contribution is 0.577. The van der Waals surface area contributed by atoms with Crippen LogP contribution in [0.25, 0.3) is 0 Å². The summed E-state index contributed by atoms with van der Waals surface area (Å²) in [4.78, 5) is 0.322. The van der Waals surface area contributed by atoms with E-state index in [0.29, 0.717) is 18.0 Å². The van der Waals surface area contributed by atoms with E-state index in [1.807, 2.05) is 19.1 Å². The zero-order valence-corrected chi connectivity index (χ0v) is 12.2. The van der Waals surface area contributed by atoms with Gasteiger partial charge in [-0.15, -0.1) is 12.4 Å². The molecule has 18 heavy (non-hydrogen) atoms. The molecule has 0 aliphatic rings. The molecule has 0 bridgehead atoms. The molecule has 4 nitrogen and oxygen atoms in total. The van der Waals surface area contributed by atoms with Gasteiger partial charge < -0.3 is 5.73 Å². The van der Waals surface area contributed by atoms with Crippen molar-refractivity contribution >= 4 is 22.4 Å². The maximum absolute atomic E-state index is 11.9. The minimum Gasteiger partial charge on any atom is -0.330 e. The topological polar surface area (TPSA) is 72.2 Å². The van der Waals surface area contributed by atoms with Crippen molar-refractivity contribution in [1.29, 1.82) is 0 Å². The van der Waals surface area contributed by atoms with Crippen LogP contribution in [-0.4, -0.2) is 21.5 Å². The monoisotopic (exact) mass is 292 g/mol. The molecule has 0 radical (unpaired) electrons. The molecule has 0 unspecified atom stereocenters. The maximum atomic E-state index is 11.9. The second kappa shape index (κ2) is 8.48. The Morgan fingerprint density at radius 1 is 1.17 bits per heavy atom. The summed E-state index contributed by atoms with van der Waals surface area (Å²) in [5, 5.41) is 0. The molecule has 0 aromatic heterocycles. The quantitative estimate of drug-likeness (QED) is 0.751. The molecular formula is C12H21ClN2O2S. The van der Waals surface area contributed by atoms with Crippen LogP contribution >= 0.6 is 12.4 Å². The van der Waals surface area contributed by atoms with Crippen molar-refractivity contribution in [3.63, 3.8) is 0 Å². The summed E-state index contributed by atoms with van der Waals surface area (Å²) in [6.45, 7) is 3.07. The van der Waals surface area contributed by atoms with E-state index in [9.17, 15) is 8.42 Å². The van der Waals surface area contributed by atoms with Gasteiger partial charge in [0.1, 0.15) is 0 Å². The number of nitrogens with one attached hydrogen (secondary N) is 1. The van der Waals surface area contributed by atoms with Crippen LogP contribution in [0.5, 0.6) is 0 Å². The van der Waals surface area contributed by atoms with E-state index in [2.05, 4.69) is 4.72 Å². The smallest absolute Gasteiger partial charge is 0.240 e. The fraction of sp³-hybridized carbons (Fsp3) is 0.500. The SMILES string of the molecule is CCc1ccc(S(=O)(=O)NCCCCN)cc1.Cl. The third-order valence-electron chi connectivity index (χ3n) is 2.56. The van der Waals surface area contributed by atoms with Gasteiger partial charge in [0, 0.05) is 6.54 Å². The molecular weight excluding hydrogens is 272 g/mol. The van der Waals surface area contributed by atoms with Crippen LogP contribution in [0, 0.1) is 0 Å². The van der Waals surface area contributed by atoms with Crippen LogP contribution in [0.15, 0.2) is 29.2 Å². The van der Waals surface area contributed by atoms with Gasteiger partial charge in [-0.2, -0.15) is 0 Å². The molecule has 1 rings (SSSR count). The second-order valence-corrected chi connectivity index (χ2v) is 5.66. The molecule has 6 heteroatoms. The van der Waals surface area contributed by atoms with Gasteiger partial charge in [0.15, 0.2) is 0 Å². The normalized spacial score (nSPS) is 11.0. The highest BCUT2D eigenvalue weighted by molar-refractivity contribution is 7.89. The molecule has 0 saturated heterocycles. The molecule has 0 amide bonds. The molecule has 0 heterocycles. The van der Waals surface area contributed by atoms with Crippen LogP contribution in [0.1, 0.15) is 25.3 Å². The Labute approximate surface area is 115 Å². The Balaban J connectivity index is 0.00000289. The predicted octanol–water partition coefficient (Wildman–Crippen LogP) is 1.69. The number of sulfonamides is 1. The van der Waals surface area contributed by atoms with Gasteiger partial charge in [-0.3, -0.25) is 0 Å². The molecule has 0 fully saturated rings. The summed E-state index contributed by atoms with van der Waals surface area (Å²) in [6, 6.07) is 6.97. The Kier molecular flexibility index (Phi) is 8.18. The highest BCUT2D eigenvalue weighted by Crippen LogP contribution is 2.10. The first-order chi connectivity index (χ1) is 8.10. The van der Waals surface area contributed by atoms with Crippen LogP contribution < -0.4 is 10.5 Å². The first-order valence-corrected chi connectivity index (χ1v) is 7.37. The van der Waals surface area contributed by atoms with E-state index in [-0.39, 0.29) is 12.4 Å². The molecule has 104 valence electrons. The summed E-state index contributed by atoms with van der Waals surface area (Å²) in [7, 11) is -3.36. The maximum Gasteiger partial charge on any atom is 0.240 e. The van der Waals surface area contributed by atoms with Crippen molar-refractivity contribution in [2.24, 2.45) is 5.73 Å². The zero-order valence-electron chi connectivity index (χ0n) is 10.6. The lowest BCUT2D eigenvalue weighted by Crippen LogP contribution is -2.25. The van der Waals surface area contributed by atoms with Gasteiger partial charge in [0.2, 0.25) is 10.0 Å². The summed E-state index contributed by atoms with van der Waals surface area (Å²) in [5.41, 5.74) is 6.48. The third-order valence-corrected chi connectivity index (χ3v) is 4.04. The Morgan fingerprint density at radius 3 is 2.28 bits per heavy atom. The minimum absolute atomic E-state index is 0. The molecule has 1 aromatic rings. The van der Waals surface area contributed by atoms with Gasteiger partial charge in [0.25, 0.3) is 0 Å². The average molecular weight is 293 g/mol. The van der Waals surface area contributed by atoms with Gasteiger partial charge in [-0.1, -0.05) is 19.1 Å². The number of unbranched alkanes of at least 4 members (excludes halogenated alkanes) is 1. The number of benzene rings is 1. The first-order valence-electron chi connectivity index (χ1n) is 5.89. The van der Waals surface area contributed by atoms with E-state index in [1.165, 1.54) is 0 Å². The highest BCUT2D eigenvalue weighted by Gasteiger charge is 2.12. The molecule has 1 aromatic carbocycles. The summed E-state index contributed by atoms with van der Waals surface area (Å²) >= 11 is 0. The van der Waals surface area contributed by atoms with Crippen molar-refractivity contribution in [1.82, 2.24) is 4.72 Å². The fourth-order valence-corrected chi connectivity index (χ4v) is 2.54. The van der Waals surface area contributed by atoms with Crippen LogP contribution in [0.3, 0.4) is 0 Å². The second-order valence-electron chi connectivity index (χ2n) is 3.89. The van der Waals surface area contributed by atoms with Crippen LogP contribution in [-0.2, 0) is 16.4 Å². The van der Waals surface area contributed by atoms with E-state index in [4.69, 9.17) is 5.73 Å². The fourth-order valence-electron chi connectivity index (χ4n) is 1.46. The molecule has 0 atom stereocenters. The number of aryl methyl sites for hydroxylation is 1. The number of hydrogen-bond donors (Lipinski definition) is 2. The number of halogens is 1. The van der Waals surface area contributed by atoms with Crippen molar-refractivity contribution in [3.8, 4) is 0 Å². The van der Waals surface area contributed by atoms with Gasteiger partial charge in [0.05, 0.1) is 4.90 Å². The zero-order chi connectivity index (χ0) is 12.7. The van der Waals surface area contributed by atoms with E-state index < -0.39 is 10.0 Å². The molecule has 0 saturated carbocycles. The largest absolute Gasteiger partial charge is 0.330 e. The Morgan fingerprint density at radius 2 is 1.78 bits per heavy atom. The lowest BCUT2D eigenvalue weighted by Gasteiger charge is -2.06. The average Bonchev–Trinajstić information content (AvgIpc) is 2.35. The van der Waals surface area contributed by atoms with Crippen molar-refractivity contribution in [3.05, 3.63) is 29.8 Å². The number of rotatable bonds is 7. The molecule has 3 N–H and O–H groups in total. The number of nitrogens with two attached hydrogens (primary N) is 1. The highest BCUT2D eigenvalue weighted by atomic mass is 35.5. The molecule has 0 aliphatic carbocycles. The van der Waals surface area contributed by atoms with Gasteiger partial charge in [-0.05, 0) is 43.5 Å². The van der Waals surface area contributed by atoms with Crippen molar-refractivity contribution < 1.29 is 8.42 Å². The Bertz CT molecular complexity index is 432. The van der Waals surface area contributed by atoms with E-state index >= 15 is 0 Å². The van der Waals surface area contributed by atoms with Crippen LogP contribution in [0.4, 0.5) is 0 Å². The van der Waals surface area contributed by atoms with Crippen molar-refractivity contribution in [2.45, 2.75) is 31.1 Å². The molecule has 0 aliphatic heterocycles. The van der Waals surface area contributed by atoms with Crippen LogP contribution in [0.2, 0.25) is 0 Å². The standard InChI is InChI=1S/C12H20N2O2S.ClH/c1-2-11-5-7-12(8-6-11)17(15,16)14-10-4-3-9-13;/h5-8,14H,2-4,9-10,13H2,1H3;1H. The molecule has 0 spiro atoms.